The highest BCUT2D eigenvalue weighted by molar-refractivity contribution is 6.39. The molecule has 0 heterocycles. The van der Waals surface area contributed by atoms with Crippen molar-refractivity contribution in [1.29, 1.82) is 0 Å². The van der Waals surface area contributed by atoms with Gasteiger partial charge < -0.3 is 0 Å². The molecule has 1 aliphatic rings. The van der Waals surface area contributed by atoms with E-state index in [0.717, 1.165) is 18.4 Å². The summed E-state index contributed by atoms with van der Waals surface area (Å²) in [6.45, 7) is 0. The molecule has 0 spiro atoms. The normalized spacial score (nSPS) is 21.0. The zero-order chi connectivity index (χ0) is 11.0. The molecule has 1 aromatic carbocycles. The number of rotatable bonds is 1. The maximum absolute atomic E-state index is 11.6. The van der Waals surface area contributed by atoms with E-state index in [9.17, 15) is 4.79 Å². The van der Waals surface area contributed by atoms with E-state index >= 15 is 0 Å². The average Bonchev–Trinajstić information content (AvgIpc) is 2.50. The third kappa shape index (κ3) is 2.15. The Morgan fingerprint density at radius 1 is 1.13 bits per heavy atom. The number of hydrogen-bond acceptors (Lipinski definition) is 1. The van der Waals surface area contributed by atoms with Crippen LogP contribution in [-0.2, 0) is 4.79 Å². The van der Waals surface area contributed by atoms with Crippen molar-refractivity contribution < 1.29 is 4.79 Å². The number of hydrogen-bond donors (Lipinski definition) is 0. The Labute approximate surface area is 103 Å². The standard InChI is InChI=1S/C11H9Cl3O/c12-6-4-8(13)11(9(14)5-6)7-2-1-3-10(7)15/h4-5,7H,1-3H2. The van der Waals surface area contributed by atoms with Crippen molar-refractivity contribution in [2.24, 2.45) is 0 Å². The van der Waals surface area contributed by atoms with Crippen LogP contribution in [0.25, 0.3) is 0 Å². The van der Waals surface area contributed by atoms with Crippen molar-refractivity contribution >= 4 is 40.6 Å². The van der Waals surface area contributed by atoms with Gasteiger partial charge in [0.25, 0.3) is 0 Å². The molecule has 1 atom stereocenters. The van der Waals surface area contributed by atoms with Crippen LogP contribution in [0.3, 0.4) is 0 Å². The molecule has 1 nitrogen and oxygen atoms in total. The fraction of sp³-hybridized carbons (Fsp3) is 0.364. The number of benzene rings is 1. The van der Waals surface area contributed by atoms with Gasteiger partial charge in [-0.3, -0.25) is 4.79 Å². The lowest BCUT2D eigenvalue weighted by molar-refractivity contribution is -0.118. The number of carbonyl (C=O) groups is 1. The Morgan fingerprint density at radius 3 is 2.20 bits per heavy atom. The van der Waals surface area contributed by atoms with Gasteiger partial charge in [-0.1, -0.05) is 34.8 Å². The van der Waals surface area contributed by atoms with E-state index in [1.807, 2.05) is 0 Å². The summed E-state index contributed by atoms with van der Waals surface area (Å²) in [6, 6.07) is 3.27. The monoisotopic (exact) mass is 262 g/mol. The van der Waals surface area contributed by atoms with E-state index in [1.54, 1.807) is 12.1 Å². The highest BCUT2D eigenvalue weighted by Crippen LogP contribution is 2.40. The SMILES string of the molecule is O=C1CCCC1c1c(Cl)cc(Cl)cc1Cl. The maximum Gasteiger partial charge on any atom is 0.140 e. The van der Waals surface area contributed by atoms with Crippen LogP contribution in [0.15, 0.2) is 12.1 Å². The van der Waals surface area contributed by atoms with E-state index in [-0.39, 0.29) is 11.7 Å². The van der Waals surface area contributed by atoms with Gasteiger partial charge in [0.1, 0.15) is 5.78 Å². The number of Topliss-reactive ketones (excluding diaryl/α,β-unsaturated/α-hetero) is 1. The summed E-state index contributed by atoms with van der Waals surface area (Å²) in [7, 11) is 0. The summed E-state index contributed by atoms with van der Waals surface area (Å²) < 4.78 is 0. The second kappa shape index (κ2) is 4.32. The summed E-state index contributed by atoms with van der Waals surface area (Å²) >= 11 is 17.9. The van der Waals surface area contributed by atoms with E-state index in [0.29, 0.717) is 21.5 Å². The summed E-state index contributed by atoms with van der Waals surface area (Å²) in [6.07, 6.45) is 2.37. The van der Waals surface area contributed by atoms with Gasteiger partial charge in [-0.15, -0.1) is 0 Å². The number of halogens is 3. The predicted octanol–water partition coefficient (Wildman–Crippen LogP) is 4.48. The molecular formula is C11H9Cl3O. The molecule has 0 aliphatic heterocycles. The van der Waals surface area contributed by atoms with Crippen LogP contribution < -0.4 is 0 Å². The summed E-state index contributed by atoms with van der Waals surface area (Å²) in [5, 5.41) is 1.49. The van der Waals surface area contributed by atoms with E-state index in [2.05, 4.69) is 0 Å². The highest BCUT2D eigenvalue weighted by Gasteiger charge is 2.29. The van der Waals surface area contributed by atoms with Crippen LogP contribution >= 0.6 is 34.8 Å². The number of ketones is 1. The quantitative estimate of drug-likeness (QED) is 0.730. The molecule has 0 aromatic heterocycles. The van der Waals surface area contributed by atoms with E-state index < -0.39 is 0 Å². The third-order valence-corrected chi connectivity index (χ3v) is 3.54. The molecule has 0 radical (unpaired) electrons. The van der Waals surface area contributed by atoms with Gasteiger partial charge in [0, 0.05) is 27.4 Å². The van der Waals surface area contributed by atoms with Crippen LogP contribution in [0.1, 0.15) is 30.7 Å². The summed E-state index contributed by atoms with van der Waals surface area (Å²) in [5.41, 5.74) is 0.741. The molecule has 1 unspecified atom stereocenters. The Bertz CT molecular complexity index is 391. The van der Waals surface area contributed by atoms with Gasteiger partial charge in [-0.05, 0) is 30.5 Å². The first-order valence-corrected chi connectivity index (χ1v) is 5.90. The minimum atomic E-state index is -0.137. The molecule has 1 fully saturated rings. The fourth-order valence-electron chi connectivity index (χ4n) is 2.01. The van der Waals surface area contributed by atoms with Crippen LogP contribution in [0, 0.1) is 0 Å². The smallest absolute Gasteiger partial charge is 0.140 e. The minimum absolute atomic E-state index is 0.137. The Hall–Kier alpha value is -0.240. The Morgan fingerprint density at radius 2 is 1.73 bits per heavy atom. The first kappa shape index (κ1) is 11.3. The van der Waals surface area contributed by atoms with Crippen LogP contribution in [0.5, 0.6) is 0 Å². The minimum Gasteiger partial charge on any atom is -0.299 e. The lowest BCUT2D eigenvalue weighted by Crippen LogP contribution is -2.05. The second-order valence-corrected chi connectivity index (χ2v) is 4.95. The topological polar surface area (TPSA) is 17.1 Å². The van der Waals surface area contributed by atoms with Crippen LogP contribution in [-0.4, -0.2) is 5.78 Å². The van der Waals surface area contributed by atoms with Gasteiger partial charge in [-0.25, -0.2) is 0 Å². The van der Waals surface area contributed by atoms with Crippen molar-refractivity contribution in [3.8, 4) is 0 Å². The molecule has 4 heteroatoms. The largest absolute Gasteiger partial charge is 0.299 e. The Kier molecular flexibility index (Phi) is 3.24. The first-order valence-electron chi connectivity index (χ1n) is 4.76. The molecule has 0 saturated heterocycles. The van der Waals surface area contributed by atoms with E-state index in [1.165, 1.54) is 0 Å². The molecule has 80 valence electrons. The second-order valence-electron chi connectivity index (χ2n) is 3.69. The molecule has 0 bridgehead atoms. The van der Waals surface area contributed by atoms with Crippen molar-refractivity contribution in [3.63, 3.8) is 0 Å². The van der Waals surface area contributed by atoms with Crippen LogP contribution in [0.4, 0.5) is 0 Å². The zero-order valence-electron chi connectivity index (χ0n) is 7.90. The lowest BCUT2D eigenvalue weighted by atomic mass is 9.97. The lowest BCUT2D eigenvalue weighted by Gasteiger charge is -2.13. The number of carbonyl (C=O) groups excluding carboxylic acids is 1. The van der Waals surface area contributed by atoms with Gasteiger partial charge in [0.15, 0.2) is 0 Å². The van der Waals surface area contributed by atoms with Crippen molar-refractivity contribution in [2.75, 3.05) is 0 Å². The molecule has 1 aromatic rings. The van der Waals surface area contributed by atoms with Crippen LogP contribution in [0.2, 0.25) is 15.1 Å². The summed E-state index contributed by atoms with van der Waals surface area (Å²) in [5.74, 6) is 0.0865. The van der Waals surface area contributed by atoms with Crippen molar-refractivity contribution in [1.82, 2.24) is 0 Å². The molecule has 2 rings (SSSR count). The van der Waals surface area contributed by atoms with Gasteiger partial charge in [0.2, 0.25) is 0 Å². The van der Waals surface area contributed by atoms with Gasteiger partial charge in [-0.2, -0.15) is 0 Å². The first-order chi connectivity index (χ1) is 7.09. The highest BCUT2D eigenvalue weighted by atomic mass is 35.5. The van der Waals surface area contributed by atoms with Gasteiger partial charge >= 0.3 is 0 Å². The average molecular weight is 264 g/mol. The fourth-order valence-corrected chi connectivity index (χ4v) is 3.09. The summed E-state index contributed by atoms with van der Waals surface area (Å²) in [4.78, 5) is 11.6. The van der Waals surface area contributed by atoms with Crippen molar-refractivity contribution in [2.45, 2.75) is 25.2 Å². The molecular weight excluding hydrogens is 254 g/mol. The Balaban J connectivity index is 2.47. The molecule has 0 N–H and O–H groups in total. The van der Waals surface area contributed by atoms with Gasteiger partial charge in [0.05, 0.1) is 0 Å². The van der Waals surface area contributed by atoms with E-state index in [4.69, 9.17) is 34.8 Å². The maximum atomic E-state index is 11.6. The molecule has 15 heavy (non-hydrogen) atoms. The zero-order valence-corrected chi connectivity index (χ0v) is 10.2. The predicted molar refractivity (Wildman–Crippen MR) is 63.1 cm³/mol. The molecule has 1 saturated carbocycles. The molecule has 1 aliphatic carbocycles. The third-order valence-electron chi connectivity index (χ3n) is 2.70. The molecule has 0 amide bonds. The van der Waals surface area contributed by atoms with Crippen molar-refractivity contribution in [3.05, 3.63) is 32.8 Å².